The second-order valence-corrected chi connectivity index (χ2v) is 12.7. The number of aryl methyl sites for hydroxylation is 1. The minimum Gasteiger partial charge on any atom is -0.406 e. The minimum absolute atomic E-state index is 0.00580. The molecule has 0 saturated heterocycles. The first-order valence-corrected chi connectivity index (χ1v) is 16.4. The molecule has 5 rings (SSSR count). The third-order valence-corrected chi connectivity index (χ3v) is 8.67. The van der Waals surface area contributed by atoms with Gasteiger partial charge in [-0.1, -0.05) is 56.3 Å². The van der Waals surface area contributed by atoms with Crippen molar-refractivity contribution in [2.75, 3.05) is 6.54 Å². The van der Waals surface area contributed by atoms with E-state index in [9.17, 15) is 31.1 Å². The summed E-state index contributed by atoms with van der Waals surface area (Å²) in [6.45, 7) is 6.01. The number of aromatic nitrogens is 5. The van der Waals surface area contributed by atoms with Gasteiger partial charge in [0.1, 0.15) is 12.1 Å². The summed E-state index contributed by atoms with van der Waals surface area (Å²) >= 11 is 0.528. The maximum absolute atomic E-state index is 13.6. The zero-order chi connectivity index (χ0) is 35.3. The zero-order valence-corrected chi connectivity index (χ0v) is 27.9. The molecule has 0 radical (unpaired) electrons. The predicted octanol–water partition coefficient (Wildman–Crippen LogP) is 7.74. The topological polar surface area (TPSA) is 91.6 Å². The molecule has 5 aromatic rings. The molecule has 9 nitrogen and oxygen atoms in total. The van der Waals surface area contributed by atoms with Gasteiger partial charge in [-0.05, 0) is 72.3 Å². The molecule has 2 aromatic heterocycles. The van der Waals surface area contributed by atoms with E-state index in [4.69, 9.17) is 0 Å². The maximum atomic E-state index is 13.6. The molecule has 0 bridgehead atoms. The molecule has 0 saturated carbocycles. The Balaban J connectivity index is 1.35. The molecular weight excluding hydrogens is 693 g/mol. The predicted molar refractivity (Wildman–Crippen MR) is 176 cm³/mol. The lowest BCUT2D eigenvalue weighted by atomic mass is 10.0. The molecular formula is C32H29F6N7O2S2. The van der Waals surface area contributed by atoms with Crippen molar-refractivity contribution in [1.82, 2.24) is 23.3 Å². The van der Waals surface area contributed by atoms with Crippen molar-refractivity contribution in [2.24, 2.45) is 9.98 Å². The fraction of sp³-hybridized carbons (Fsp3) is 0.281. The van der Waals surface area contributed by atoms with Gasteiger partial charge in [0.05, 0.1) is 11.4 Å². The molecule has 49 heavy (non-hydrogen) atoms. The van der Waals surface area contributed by atoms with Crippen molar-refractivity contribution in [3.05, 3.63) is 106 Å². The van der Waals surface area contributed by atoms with E-state index in [1.165, 1.54) is 43.8 Å². The number of nitrogens with zero attached hydrogens (tertiary/aromatic N) is 7. The summed E-state index contributed by atoms with van der Waals surface area (Å²) in [5.74, 6) is 0.0373. The van der Waals surface area contributed by atoms with Gasteiger partial charge in [0.2, 0.25) is 4.80 Å². The van der Waals surface area contributed by atoms with Crippen LogP contribution in [0.15, 0.2) is 93.9 Å². The van der Waals surface area contributed by atoms with Crippen LogP contribution in [0.25, 0.3) is 22.8 Å². The van der Waals surface area contributed by atoms with Crippen LogP contribution in [-0.4, -0.2) is 46.9 Å². The number of thioether (sulfide) groups is 1. The van der Waals surface area contributed by atoms with E-state index in [0.29, 0.717) is 35.7 Å². The van der Waals surface area contributed by atoms with Crippen molar-refractivity contribution in [3.63, 3.8) is 0 Å². The Morgan fingerprint density at radius 3 is 2.31 bits per heavy atom. The van der Waals surface area contributed by atoms with Gasteiger partial charge in [-0.3, -0.25) is 4.99 Å². The molecule has 0 N–H and O–H groups in total. The summed E-state index contributed by atoms with van der Waals surface area (Å²) in [5, 5.41) is 3.86. The van der Waals surface area contributed by atoms with Crippen LogP contribution in [0.2, 0.25) is 0 Å². The quantitative estimate of drug-likeness (QED) is 0.0883. The Morgan fingerprint density at radius 1 is 0.980 bits per heavy atom. The highest BCUT2D eigenvalue weighted by atomic mass is 32.2. The van der Waals surface area contributed by atoms with Gasteiger partial charge in [0.25, 0.3) is 0 Å². The summed E-state index contributed by atoms with van der Waals surface area (Å²) < 4.78 is 86.1. The fourth-order valence-corrected chi connectivity index (χ4v) is 6.15. The third-order valence-electron chi connectivity index (χ3n) is 6.96. The van der Waals surface area contributed by atoms with E-state index in [-0.39, 0.29) is 23.0 Å². The summed E-state index contributed by atoms with van der Waals surface area (Å²) in [6, 6.07) is 19.4. The molecule has 258 valence electrons. The molecule has 17 heteroatoms. The molecule has 0 aliphatic rings. The van der Waals surface area contributed by atoms with Crippen LogP contribution in [-0.2, 0) is 13.0 Å². The van der Waals surface area contributed by atoms with Crippen LogP contribution in [0, 0.1) is 0 Å². The molecule has 0 unspecified atom stereocenters. The van der Waals surface area contributed by atoms with E-state index < -0.39 is 34.5 Å². The third kappa shape index (κ3) is 9.29. The Labute approximate surface area is 284 Å². The Kier molecular flexibility index (Phi) is 10.8. The number of hydrogen-bond donors (Lipinski definition) is 0. The number of alkyl halides is 6. The number of para-hydroxylation sites is 1. The molecule has 0 spiro atoms. The Morgan fingerprint density at radius 2 is 1.67 bits per heavy atom. The van der Waals surface area contributed by atoms with Gasteiger partial charge in [0, 0.05) is 30.4 Å². The van der Waals surface area contributed by atoms with Gasteiger partial charge in [0.15, 0.2) is 11.0 Å². The van der Waals surface area contributed by atoms with Crippen molar-refractivity contribution in [2.45, 2.75) is 51.5 Å². The molecule has 0 aliphatic heterocycles. The van der Waals surface area contributed by atoms with Crippen molar-refractivity contribution < 1.29 is 31.1 Å². The lowest BCUT2D eigenvalue weighted by Gasteiger charge is -2.12. The molecule has 2 heterocycles. The maximum Gasteiger partial charge on any atom is 0.573 e. The monoisotopic (exact) mass is 721 g/mol. The first-order chi connectivity index (χ1) is 23.2. The summed E-state index contributed by atoms with van der Waals surface area (Å²) in [6.07, 6.45) is -3.08. The zero-order valence-electron chi connectivity index (χ0n) is 26.2. The van der Waals surface area contributed by atoms with Crippen LogP contribution >= 0.6 is 23.3 Å². The lowest BCUT2D eigenvalue weighted by Crippen LogP contribution is -2.29. The number of halogens is 6. The summed E-state index contributed by atoms with van der Waals surface area (Å²) in [5.41, 5.74) is -1.76. The standard InChI is InChI=1S/C32H29F6N7O2S2/c1-4-44-30(46)45(26-8-6-5-7-25(26)20(2)3)29(49-44)41-28(48-32(36,37)38)39-18-17-21-9-11-22(12-10-21)27-40-19-43(42-27)23-13-15-24(16-14-23)47-31(33,34)35/h5-16,19-20H,4,17-18H2,1-3H3. The first kappa shape index (κ1) is 35.7. The lowest BCUT2D eigenvalue weighted by molar-refractivity contribution is -0.274. The summed E-state index contributed by atoms with van der Waals surface area (Å²) in [4.78, 5) is 26.1. The highest BCUT2D eigenvalue weighted by molar-refractivity contribution is 8.14. The fourth-order valence-electron chi connectivity index (χ4n) is 4.72. The molecule has 0 fully saturated rings. The molecule has 0 atom stereocenters. The van der Waals surface area contributed by atoms with Gasteiger partial charge in [-0.25, -0.2) is 23.0 Å². The van der Waals surface area contributed by atoms with Crippen LogP contribution in [0.1, 0.15) is 37.8 Å². The number of ether oxygens (including phenoxy) is 1. The highest BCUT2D eigenvalue weighted by Crippen LogP contribution is 2.32. The Hall–Kier alpha value is -4.64. The SMILES string of the molecule is CCn1sc(=NC(=NCCc2ccc(-c3ncn(-c4ccc(OC(F)(F)F)cc4)n3)cc2)SC(F)(F)F)n(-c2ccccc2C(C)C)c1=O. The van der Waals surface area contributed by atoms with E-state index in [1.54, 1.807) is 43.3 Å². The highest BCUT2D eigenvalue weighted by Gasteiger charge is 2.32. The molecule has 0 amide bonds. The van der Waals surface area contributed by atoms with E-state index in [0.717, 1.165) is 22.7 Å². The van der Waals surface area contributed by atoms with Crippen molar-refractivity contribution in [3.8, 4) is 28.5 Å². The minimum atomic E-state index is -4.80. The van der Waals surface area contributed by atoms with E-state index in [1.807, 2.05) is 26.0 Å². The average molecular weight is 722 g/mol. The number of hydrogen-bond acceptors (Lipinski definition) is 7. The smallest absolute Gasteiger partial charge is 0.406 e. The van der Waals surface area contributed by atoms with Crippen LogP contribution in [0.3, 0.4) is 0 Å². The van der Waals surface area contributed by atoms with Gasteiger partial charge in [-0.15, -0.1) is 18.3 Å². The number of benzene rings is 3. The number of amidine groups is 1. The molecule has 3 aromatic carbocycles. The number of rotatable bonds is 9. The van der Waals surface area contributed by atoms with Gasteiger partial charge < -0.3 is 4.74 Å². The largest absolute Gasteiger partial charge is 0.573 e. The van der Waals surface area contributed by atoms with Gasteiger partial charge in [-0.2, -0.15) is 18.2 Å². The second-order valence-electron chi connectivity index (χ2n) is 10.7. The summed E-state index contributed by atoms with van der Waals surface area (Å²) in [7, 11) is 0. The van der Waals surface area contributed by atoms with Crippen LogP contribution in [0.5, 0.6) is 5.75 Å². The van der Waals surface area contributed by atoms with Crippen LogP contribution < -0.4 is 15.2 Å². The van der Waals surface area contributed by atoms with Crippen molar-refractivity contribution in [1.29, 1.82) is 0 Å². The molecule has 0 aliphatic carbocycles. The van der Waals surface area contributed by atoms with E-state index >= 15 is 0 Å². The van der Waals surface area contributed by atoms with Gasteiger partial charge >= 0.3 is 17.6 Å². The number of aliphatic imine (C=N–C) groups is 1. The van der Waals surface area contributed by atoms with Crippen LogP contribution in [0.4, 0.5) is 26.3 Å². The average Bonchev–Trinajstić information content (AvgIpc) is 3.65. The van der Waals surface area contributed by atoms with E-state index in [2.05, 4.69) is 24.8 Å². The van der Waals surface area contributed by atoms with Crippen molar-refractivity contribution >= 4 is 28.5 Å². The normalized spacial score (nSPS) is 13.0. The second kappa shape index (κ2) is 14.9. The Bertz CT molecular complexity index is 2040. The first-order valence-electron chi connectivity index (χ1n) is 14.9.